The molecule has 3 nitrogen and oxygen atoms in total. The number of carbonyl (C=O) groups is 1. The molecule has 0 unspecified atom stereocenters. The molecule has 0 bridgehead atoms. The highest BCUT2D eigenvalue weighted by Gasteiger charge is 2.33. The number of amides is 1. The Morgan fingerprint density at radius 2 is 2.05 bits per heavy atom. The Bertz CT molecular complexity index is 682. The molecule has 0 spiro atoms. The Hall–Kier alpha value is -0.970. The summed E-state index contributed by atoms with van der Waals surface area (Å²) in [7, 11) is 0. The normalized spacial score (nSPS) is 14.2. The molecule has 1 aromatic heterocycles. The Kier molecular flexibility index (Phi) is 4.29. The van der Waals surface area contributed by atoms with E-state index in [0.29, 0.717) is 28.3 Å². The zero-order valence-corrected chi connectivity index (χ0v) is 14.2. The SMILES string of the molecule is O=C(c1cc(Br)c[nH]1)N(Cc1ccc(Cl)c(Cl)c1)C1CC1. The summed E-state index contributed by atoms with van der Waals surface area (Å²) in [4.78, 5) is 17.5. The van der Waals surface area contributed by atoms with E-state index in [1.165, 1.54) is 0 Å². The molecule has 1 fully saturated rings. The second-order valence-corrected chi connectivity index (χ2v) is 6.87. The average molecular weight is 388 g/mol. The smallest absolute Gasteiger partial charge is 0.270 e. The minimum Gasteiger partial charge on any atom is -0.356 e. The van der Waals surface area contributed by atoms with Crippen LogP contribution in [0.1, 0.15) is 28.9 Å². The van der Waals surface area contributed by atoms with E-state index in [4.69, 9.17) is 23.2 Å². The average Bonchev–Trinajstić information content (AvgIpc) is 3.20. The Morgan fingerprint density at radius 1 is 1.29 bits per heavy atom. The molecule has 110 valence electrons. The van der Waals surface area contributed by atoms with Crippen molar-refractivity contribution in [2.24, 2.45) is 0 Å². The molecule has 1 saturated carbocycles. The van der Waals surface area contributed by atoms with Crippen LogP contribution < -0.4 is 0 Å². The Balaban J connectivity index is 1.81. The second-order valence-electron chi connectivity index (χ2n) is 5.14. The zero-order valence-electron chi connectivity index (χ0n) is 11.1. The van der Waals surface area contributed by atoms with Crippen LogP contribution in [0.15, 0.2) is 34.9 Å². The van der Waals surface area contributed by atoms with Crippen LogP contribution in [0.2, 0.25) is 10.0 Å². The zero-order chi connectivity index (χ0) is 15.0. The summed E-state index contributed by atoms with van der Waals surface area (Å²) >= 11 is 15.3. The van der Waals surface area contributed by atoms with Crippen LogP contribution in [0.25, 0.3) is 0 Å². The van der Waals surface area contributed by atoms with E-state index in [0.717, 1.165) is 22.9 Å². The molecule has 0 radical (unpaired) electrons. The highest BCUT2D eigenvalue weighted by atomic mass is 79.9. The summed E-state index contributed by atoms with van der Waals surface area (Å²) in [5, 5.41) is 1.04. The highest BCUT2D eigenvalue weighted by molar-refractivity contribution is 9.10. The van der Waals surface area contributed by atoms with Crippen molar-refractivity contribution < 1.29 is 4.79 Å². The van der Waals surface area contributed by atoms with Crippen molar-refractivity contribution >= 4 is 45.0 Å². The molecule has 6 heteroatoms. The lowest BCUT2D eigenvalue weighted by atomic mass is 10.2. The van der Waals surface area contributed by atoms with Crippen molar-refractivity contribution in [2.75, 3.05) is 0 Å². The molecule has 1 aliphatic rings. The fraction of sp³-hybridized carbons (Fsp3) is 0.267. The quantitative estimate of drug-likeness (QED) is 0.796. The van der Waals surface area contributed by atoms with Gasteiger partial charge >= 0.3 is 0 Å². The van der Waals surface area contributed by atoms with Crippen LogP contribution in [0.4, 0.5) is 0 Å². The van der Waals surface area contributed by atoms with Gasteiger partial charge in [0.2, 0.25) is 0 Å². The number of aromatic nitrogens is 1. The second kappa shape index (κ2) is 6.03. The molecule has 21 heavy (non-hydrogen) atoms. The van der Waals surface area contributed by atoms with Gasteiger partial charge in [-0.2, -0.15) is 0 Å². The van der Waals surface area contributed by atoms with Gasteiger partial charge in [-0.05, 0) is 52.5 Å². The molecule has 2 aromatic rings. The van der Waals surface area contributed by atoms with Gasteiger partial charge in [-0.15, -0.1) is 0 Å². The molecule has 1 aromatic carbocycles. The first-order valence-corrected chi connectivity index (χ1v) is 8.18. The predicted molar refractivity (Wildman–Crippen MR) is 87.9 cm³/mol. The van der Waals surface area contributed by atoms with Crippen LogP contribution in [0.5, 0.6) is 0 Å². The maximum absolute atomic E-state index is 12.6. The van der Waals surface area contributed by atoms with Gasteiger partial charge in [-0.25, -0.2) is 0 Å². The van der Waals surface area contributed by atoms with Crippen LogP contribution >= 0.6 is 39.1 Å². The van der Waals surface area contributed by atoms with Gasteiger partial charge in [0.05, 0.1) is 10.0 Å². The van der Waals surface area contributed by atoms with E-state index < -0.39 is 0 Å². The number of hydrogen-bond acceptors (Lipinski definition) is 1. The first-order valence-electron chi connectivity index (χ1n) is 6.63. The first-order chi connectivity index (χ1) is 10.0. The van der Waals surface area contributed by atoms with Crippen molar-refractivity contribution in [2.45, 2.75) is 25.4 Å². The van der Waals surface area contributed by atoms with Gasteiger partial charge < -0.3 is 9.88 Å². The number of aromatic amines is 1. The molecule has 0 aliphatic heterocycles. The van der Waals surface area contributed by atoms with Crippen LogP contribution in [0.3, 0.4) is 0 Å². The number of benzene rings is 1. The molecular weight excluding hydrogens is 375 g/mol. The molecule has 1 amide bonds. The van der Waals surface area contributed by atoms with E-state index in [1.807, 2.05) is 17.0 Å². The first kappa shape index (κ1) is 14.9. The third kappa shape index (κ3) is 3.44. The summed E-state index contributed by atoms with van der Waals surface area (Å²) in [6.07, 6.45) is 3.86. The van der Waals surface area contributed by atoms with Crippen molar-refractivity contribution in [1.82, 2.24) is 9.88 Å². The maximum atomic E-state index is 12.6. The summed E-state index contributed by atoms with van der Waals surface area (Å²) in [5.74, 6) is 0.00859. The minimum absolute atomic E-state index is 0.00859. The Labute approximate surface area is 141 Å². The molecular formula is C15H13BrCl2N2O. The van der Waals surface area contributed by atoms with Crippen LogP contribution in [0, 0.1) is 0 Å². The third-order valence-electron chi connectivity index (χ3n) is 3.46. The number of rotatable bonds is 4. The number of nitrogens with one attached hydrogen (secondary N) is 1. The predicted octanol–water partition coefficient (Wildman–Crippen LogP) is 4.89. The summed E-state index contributed by atoms with van der Waals surface area (Å²) in [6.45, 7) is 0.539. The van der Waals surface area contributed by atoms with Gasteiger partial charge in [-0.1, -0.05) is 29.3 Å². The largest absolute Gasteiger partial charge is 0.356 e. The third-order valence-corrected chi connectivity index (χ3v) is 4.66. The number of nitrogens with zero attached hydrogens (tertiary/aromatic N) is 1. The number of carbonyl (C=O) groups excluding carboxylic acids is 1. The summed E-state index contributed by atoms with van der Waals surface area (Å²) in [6, 6.07) is 7.60. The Morgan fingerprint density at radius 3 is 2.62 bits per heavy atom. The summed E-state index contributed by atoms with van der Waals surface area (Å²) in [5.41, 5.74) is 1.57. The monoisotopic (exact) mass is 386 g/mol. The van der Waals surface area contributed by atoms with Gasteiger partial charge in [-0.3, -0.25) is 4.79 Å². The van der Waals surface area contributed by atoms with Crippen molar-refractivity contribution in [1.29, 1.82) is 0 Å². The minimum atomic E-state index is 0.00859. The number of halogens is 3. The van der Waals surface area contributed by atoms with Crippen molar-refractivity contribution in [3.63, 3.8) is 0 Å². The molecule has 3 rings (SSSR count). The lowest BCUT2D eigenvalue weighted by molar-refractivity contribution is 0.0724. The molecule has 1 aliphatic carbocycles. The lowest BCUT2D eigenvalue weighted by Gasteiger charge is -2.22. The van der Waals surface area contributed by atoms with Gasteiger partial charge in [0, 0.05) is 23.3 Å². The molecule has 0 saturated heterocycles. The number of hydrogen-bond donors (Lipinski definition) is 1. The van der Waals surface area contributed by atoms with Gasteiger partial charge in [0.1, 0.15) is 5.69 Å². The van der Waals surface area contributed by atoms with E-state index in [-0.39, 0.29) is 5.91 Å². The fourth-order valence-corrected chi connectivity index (χ4v) is 2.90. The van der Waals surface area contributed by atoms with E-state index >= 15 is 0 Å². The number of H-pyrrole nitrogens is 1. The van der Waals surface area contributed by atoms with E-state index in [2.05, 4.69) is 20.9 Å². The standard InChI is InChI=1S/C15H13BrCl2N2O/c16-10-6-14(19-7-10)15(21)20(11-2-3-11)8-9-1-4-12(17)13(18)5-9/h1,4-7,11,19H,2-3,8H2. The topological polar surface area (TPSA) is 36.1 Å². The molecule has 1 heterocycles. The van der Waals surface area contributed by atoms with Crippen molar-refractivity contribution in [3.8, 4) is 0 Å². The maximum Gasteiger partial charge on any atom is 0.270 e. The van der Waals surface area contributed by atoms with Crippen molar-refractivity contribution in [3.05, 3.63) is 56.2 Å². The van der Waals surface area contributed by atoms with Gasteiger partial charge in [0.15, 0.2) is 0 Å². The van der Waals surface area contributed by atoms with Crippen LogP contribution in [-0.2, 0) is 6.54 Å². The molecule has 0 atom stereocenters. The van der Waals surface area contributed by atoms with Gasteiger partial charge in [0.25, 0.3) is 5.91 Å². The summed E-state index contributed by atoms with van der Waals surface area (Å²) < 4.78 is 0.871. The van der Waals surface area contributed by atoms with E-state index in [9.17, 15) is 4.79 Å². The lowest BCUT2D eigenvalue weighted by Crippen LogP contribution is -2.32. The fourth-order valence-electron chi connectivity index (χ4n) is 2.23. The van der Waals surface area contributed by atoms with E-state index in [1.54, 1.807) is 18.3 Å². The van der Waals surface area contributed by atoms with Crippen LogP contribution in [-0.4, -0.2) is 21.8 Å². The highest BCUT2D eigenvalue weighted by Crippen LogP contribution is 2.31. The molecule has 1 N–H and O–H groups in total.